The second kappa shape index (κ2) is 3.22. The van der Waals surface area contributed by atoms with E-state index in [-0.39, 0.29) is 0 Å². The monoisotopic (exact) mass is 206 g/mol. The van der Waals surface area contributed by atoms with Gasteiger partial charge in [-0.25, -0.2) is 4.98 Å². The van der Waals surface area contributed by atoms with Gasteiger partial charge in [0.1, 0.15) is 0 Å². The Morgan fingerprint density at radius 3 is 3.29 bits per heavy atom. The number of hydrogen-bond donors (Lipinski definition) is 0. The van der Waals surface area contributed by atoms with E-state index in [0.717, 1.165) is 30.8 Å². The molecule has 14 heavy (non-hydrogen) atoms. The molecule has 1 aromatic heterocycles. The molecule has 0 N–H and O–H groups in total. The second-order valence-corrected chi connectivity index (χ2v) is 4.18. The van der Waals surface area contributed by atoms with Crippen molar-refractivity contribution in [2.45, 2.75) is 6.42 Å². The SMILES string of the molecule is c1nc2cc(N3CCCO3)ccc2s1. The van der Waals surface area contributed by atoms with Gasteiger partial charge in [0.2, 0.25) is 0 Å². The van der Waals surface area contributed by atoms with Crippen LogP contribution in [0.25, 0.3) is 10.2 Å². The van der Waals surface area contributed by atoms with Crippen LogP contribution in [0.1, 0.15) is 6.42 Å². The normalized spacial score (nSPS) is 16.7. The number of aromatic nitrogens is 1. The zero-order valence-corrected chi connectivity index (χ0v) is 8.46. The summed E-state index contributed by atoms with van der Waals surface area (Å²) in [6.07, 6.45) is 1.11. The van der Waals surface area contributed by atoms with Crippen LogP contribution in [0.15, 0.2) is 23.7 Å². The largest absolute Gasteiger partial charge is 0.273 e. The lowest BCUT2D eigenvalue weighted by Crippen LogP contribution is -2.15. The molecule has 2 aromatic rings. The summed E-state index contributed by atoms with van der Waals surface area (Å²) in [4.78, 5) is 9.76. The Balaban J connectivity index is 2.04. The van der Waals surface area contributed by atoms with Gasteiger partial charge < -0.3 is 0 Å². The van der Waals surface area contributed by atoms with Gasteiger partial charge >= 0.3 is 0 Å². The molecule has 1 aliphatic rings. The maximum atomic E-state index is 5.47. The number of thiazole rings is 1. The van der Waals surface area contributed by atoms with Crippen molar-refractivity contribution in [2.24, 2.45) is 0 Å². The standard InChI is InChI=1S/C10H10N2OS/c1-4-12(13-5-1)8-2-3-10-9(6-8)11-7-14-10/h2-3,6-7H,1,4-5H2. The summed E-state index contributed by atoms with van der Waals surface area (Å²) >= 11 is 1.67. The van der Waals surface area contributed by atoms with Crippen LogP contribution in [0.4, 0.5) is 5.69 Å². The lowest BCUT2D eigenvalue weighted by Gasteiger charge is -2.15. The highest BCUT2D eigenvalue weighted by Gasteiger charge is 2.13. The molecule has 4 heteroatoms. The van der Waals surface area contributed by atoms with Crippen molar-refractivity contribution < 1.29 is 4.84 Å². The third-order valence-electron chi connectivity index (χ3n) is 2.35. The lowest BCUT2D eigenvalue weighted by molar-refractivity contribution is 0.168. The number of hydroxylamine groups is 1. The molecular formula is C10H10N2OS. The molecule has 3 nitrogen and oxygen atoms in total. The molecule has 72 valence electrons. The first-order chi connectivity index (χ1) is 6.93. The molecule has 0 aliphatic carbocycles. The Morgan fingerprint density at radius 1 is 1.43 bits per heavy atom. The molecule has 0 atom stereocenters. The average molecular weight is 206 g/mol. The van der Waals surface area contributed by atoms with Crippen molar-refractivity contribution in [3.63, 3.8) is 0 Å². The summed E-state index contributed by atoms with van der Waals surface area (Å²) in [5, 5.41) is 1.94. The van der Waals surface area contributed by atoms with Crippen molar-refractivity contribution in [3.05, 3.63) is 23.7 Å². The highest BCUT2D eigenvalue weighted by Crippen LogP contribution is 2.25. The number of anilines is 1. The third kappa shape index (κ3) is 1.27. The van der Waals surface area contributed by atoms with E-state index < -0.39 is 0 Å². The molecule has 0 unspecified atom stereocenters. The van der Waals surface area contributed by atoms with Crippen LogP contribution in [0.3, 0.4) is 0 Å². The van der Waals surface area contributed by atoms with Gasteiger partial charge in [-0.15, -0.1) is 11.3 Å². The molecule has 0 radical (unpaired) electrons. The fraction of sp³-hybridized carbons (Fsp3) is 0.300. The summed E-state index contributed by atoms with van der Waals surface area (Å²) in [6.45, 7) is 1.81. The molecule has 0 spiro atoms. The molecular weight excluding hydrogens is 196 g/mol. The quantitative estimate of drug-likeness (QED) is 0.716. The number of hydrogen-bond acceptors (Lipinski definition) is 4. The van der Waals surface area contributed by atoms with Crippen molar-refractivity contribution in [2.75, 3.05) is 18.2 Å². The first kappa shape index (κ1) is 8.20. The topological polar surface area (TPSA) is 25.4 Å². The van der Waals surface area contributed by atoms with Crippen molar-refractivity contribution in [1.82, 2.24) is 4.98 Å². The highest BCUT2D eigenvalue weighted by molar-refractivity contribution is 7.16. The van der Waals surface area contributed by atoms with E-state index in [1.165, 1.54) is 4.70 Å². The maximum Gasteiger partial charge on any atom is 0.0833 e. The predicted molar refractivity (Wildman–Crippen MR) is 57.5 cm³/mol. The van der Waals surface area contributed by atoms with Gasteiger partial charge in [0.25, 0.3) is 0 Å². The molecule has 1 saturated heterocycles. The third-order valence-corrected chi connectivity index (χ3v) is 3.16. The van der Waals surface area contributed by atoms with Gasteiger partial charge in [0.15, 0.2) is 0 Å². The van der Waals surface area contributed by atoms with E-state index in [2.05, 4.69) is 23.2 Å². The Labute approximate surface area is 85.9 Å². The van der Waals surface area contributed by atoms with Crippen molar-refractivity contribution in [3.8, 4) is 0 Å². The Hall–Kier alpha value is -1.13. The van der Waals surface area contributed by atoms with Crippen LogP contribution in [-0.4, -0.2) is 18.1 Å². The number of benzene rings is 1. The lowest BCUT2D eigenvalue weighted by atomic mass is 10.3. The van der Waals surface area contributed by atoms with E-state index in [1.807, 2.05) is 10.6 Å². The zero-order valence-electron chi connectivity index (χ0n) is 7.64. The van der Waals surface area contributed by atoms with Gasteiger partial charge in [-0.05, 0) is 24.6 Å². The summed E-state index contributed by atoms with van der Waals surface area (Å²) < 4.78 is 1.23. The summed E-state index contributed by atoms with van der Waals surface area (Å²) in [5.74, 6) is 0. The molecule has 2 heterocycles. The van der Waals surface area contributed by atoms with Gasteiger partial charge in [-0.1, -0.05) is 0 Å². The maximum absolute atomic E-state index is 5.47. The smallest absolute Gasteiger partial charge is 0.0833 e. The van der Waals surface area contributed by atoms with E-state index in [1.54, 1.807) is 11.3 Å². The summed E-state index contributed by atoms with van der Waals surface area (Å²) in [6, 6.07) is 6.27. The van der Waals surface area contributed by atoms with Gasteiger partial charge in [0.05, 0.1) is 28.0 Å². The van der Waals surface area contributed by atoms with Crippen LogP contribution in [0.2, 0.25) is 0 Å². The number of fused-ring (bicyclic) bond motifs is 1. The minimum Gasteiger partial charge on any atom is -0.273 e. The van der Waals surface area contributed by atoms with E-state index in [9.17, 15) is 0 Å². The fourth-order valence-electron chi connectivity index (χ4n) is 1.65. The first-order valence-corrected chi connectivity index (χ1v) is 5.55. The molecule has 0 bridgehead atoms. The summed E-state index contributed by atoms with van der Waals surface area (Å²) in [5.41, 5.74) is 4.04. The van der Waals surface area contributed by atoms with Crippen molar-refractivity contribution >= 4 is 27.2 Å². The molecule has 1 aliphatic heterocycles. The van der Waals surface area contributed by atoms with Crippen LogP contribution in [0, 0.1) is 0 Å². The van der Waals surface area contributed by atoms with Crippen LogP contribution in [0.5, 0.6) is 0 Å². The predicted octanol–water partition coefficient (Wildman–Crippen LogP) is 2.44. The molecule has 1 fully saturated rings. The zero-order chi connectivity index (χ0) is 9.38. The molecule has 1 aromatic carbocycles. The Morgan fingerprint density at radius 2 is 2.43 bits per heavy atom. The Kier molecular flexibility index (Phi) is 1.89. The molecule has 3 rings (SSSR count). The highest BCUT2D eigenvalue weighted by atomic mass is 32.1. The van der Waals surface area contributed by atoms with Crippen LogP contribution >= 0.6 is 11.3 Å². The van der Waals surface area contributed by atoms with Gasteiger partial charge in [0, 0.05) is 6.54 Å². The molecule has 0 saturated carbocycles. The Bertz CT molecular complexity index is 448. The number of nitrogens with zero attached hydrogens (tertiary/aromatic N) is 2. The van der Waals surface area contributed by atoms with E-state index >= 15 is 0 Å². The summed E-state index contributed by atoms with van der Waals surface area (Å²) in [7, 11) is 0. The average Bonchev–Trinajstić information content (AvgIpc) is 2.88. The van der Waals surface area contributed by atoms with Gasteiger partial charge in [-0.3, -0.25) is 9.90 Å². The second-order valence-electron chi connectivity index (χ2n) is 3.29. The van der Waals surface area contributed by atoms with E-state index in [0.29, 0.717) is 0 Å². The minimum absolute atomic E-state index is 0.828. The minimum atomic E-state index is 0.828. The first-order valence-electron chi connectivity index (χ1n) is 4.67. The van der Waals surface area contributed by atoms with E-state index in [4.69, 9.17) is 4.84 Å². The number of rotatable bonds is 1. The van der Waals surface area contributed by atoms with Crippen molar-refractivity contribution in [1.29, 1.82) is 0 Å². The van der Waals surface area contributed by atoms with Gasteiger partial charge in [-0.2, -0.15) is 0 Å². The van der Waals surface area contributed by atoms with Crippen LogP contribution < -0.4 is 5.06 Å². The molecule has 0 amide bonds. The van der Waals surface area contributed by atoms with Crippen LogP contribution in [-0.2, 0) is 4.84 Å². The fourth-order valence-corrected chi connectivity index (χ4v) is 2.31.